The van der Waals surface area contributed by atoms with Crippen molar-refractivity contribution in [2.24, 2.45) is 0 Å². The molecule has 13 heteroatoms. The topological polar surface area (TPSA) is 110 Å². The summed E-state index contributed by atoms with van der Waals surface area (Å²) in [7, 11) is -3.88. The highest BCUT2D eigenvalue weighted by molar-refractivity contribution is 7.89. The number of alkyl halides is 3. The quantitative estimate of drug-likeness (QED) is 0.642. The molecule has 1 fully saturated rings. The zero-order valence-electron chi connectivity index (χ0n) is 16.0. The Morgan fingerprint density at radius 1 is 1.06 bits per heavy atom. The van der Waals surface area contributed by atoms with Crippen molar-refractivity contribution in [1.29, 1.82) is 0 Å². The number of rotatable bonds is 6. The molecule has 3 rings (SSSR count). The van der Waals surface area contributed by atoms with Gasteiger partial charge in [-0.05, 0) is 49.2 Å². The van der Waals surface area contributed by atoms with Gasteiger partial charge >= 0.3 is 12.4 Å². The molecule has 1 saturated heterocycles. The van der Waals surface area contributed by atoms with Gasteiger partial charge in [-0.15, -0.1) is 13.2 Å². The number of aromatic nitrogens is 1. The SMILES string of the molecule is O=C(NOC1CCN(S(=O)(=O)c2ccc(OC(F)(F)F)cc2)CC1)Nc1ccncc1. The van der Waals surface area contributed by atoms with E-state index in [0.29, 0.717) is 18.5 Å². The Balaban J connectivity index is 1.48. The molecule has 0 saturated carbocycles. The normalized spacial score (nSPS) is 16.0. The van der Waals surface area contributed by atoms with Crippen LogP contribution in [0.5, 0.6) is 5.75 Å². The monoisotopic (exact) mass is 460 g/mol. The van der Waals surface area contributed by atoms with Crippen molar-refractivity contribution in [2.45, 2.75) is 30.2 Å². The van der Waals surface area contributed by atoms with E-state index in [2.05, 4.69) is 20.5 Å². The van der Waals surface area contributed by atoms with Crippen LogP contribution >= 0.6 is 0 Å². The zero-order valence-corrected chi connectivity index (χ0v) is 16.8. The molecule has 2 amide bonds. The van der Waals surface area contributed by atoms with E-state index >= 15 is 0 Å². The van der Waals surface area contributed by atoms with Crippen LogP contribution in [-0.2, 0) is 14.9 Å². The maximum atomic E-state index is 12.7. The van der Waals surface area contributed by atoms with Crippen LogP contribution in [0.1, 0.15) is 12.8 Å². The van der Waals surface area contributed by atoms with Gasteiger partial charge in [0, 0.05) is 31.2 Å². The van der Waals surface area contributed by atoms with Crippen LogP contribution in [0.15, 0.2) is 53.7 Å². The first-order valence-electron chi connectivity index (χ1n) is 9.12. The molecule has 2 N–H and O–H groups in total. The van der Waals surface area contributed by atoms with E-state index in [1.807, 2.05) is 0 Å². The molecule has 0 spiro atoms. The molecular weight excluding hydrogens is 441 g/mol. The minimum absolute atomic E-state index is 0.126. The van der Waals surface area contributed by atoms with Crippen LogP contribution < -0.4 is 15.5 Å². The van der Waals surface area contributed by atoms with Gasteiger partial charge in [0.05, 0.1) is 11.0 Å². The van der Waals surface area contributed by atoms with Crippen molar-refractivity contribution in [3.63, 3.8) is 0 Å². The molecule has 2 heterocycles. The summed E-state index contributed by atoms with van der Waals surface area (Å²) in [5.74, 6) is -0.505. The van der Waals surface area contributed by atoms with Gasteiger partial charge in [-0.1, -0.05) is 0 Å². The number of nitrogens with zero attached hydrogens (tertiary/aromatic N) is 2. The predicted octanol–water partition coefficient (Wildman–Crippen LogP) is 2.89. The van der Waals surface area contributed by atoms with E-state index in [1.165, 1.54) is 16.7 Å². The lowest BCUT2D eigenvalue weighted by molar-refractivity contribution is -0.274. The number of carbonyl (C=O) groups is 1. The molecule has 31 heavy (non-hydrogen) atoms. The van der Waals surface area contributed by atoms with E-state index < -0.39 is 34.3 Å². The number of halogens is 3. The van der Waals surface area contributed by atoms with Crippen molar-refractivity contribution in [2.75, 3.05) is 18.4 Å². The number of amides is 2. The van der Waals surface area contributed by atoms with Crippen LogP contribution in [0, 0.1) is 0 Å². The fourth-order valence-electron chi connectivity index (χ4n) is 2.88. The number of ether oxygens (including phenoxy) is 1. The second kappa shape index (κ2) is 9.49. The van der Waals surface area contributed by atoms with Gasteiger partial charge in [-0.25, -0.2) is 18.7 Å². The molecular formula is C18H19F3N4O5S. The zero-order chi connectivity index (χ0) is 22.5. The number of benzene rings is 1. The van der Waals surface area contributed by atoms with Crippen LogP contribution in [0.4, 0.5) is 23.7 Å². The van der Waals surface area contributed by atoms with E-state index in [1.54, 1.807) is 12.1 Å². The standard InChI is InChI=1S/C18H19F3N4O5S/c19-18(20,21)29-14-1-3-16(4-2-14)31(27,28)25-11-7-15(8-12-25)30-24-17(26)23-13-5-9-22-10-6-13/h1-6,9-10,15H,7-8,11-12H2,(H2,22,23,24,26). The number of nitrogens with one attached hydrogen (secondary N) is 2. The highest BCUT2D eigenvalue weighted by Crippen LogP contribution is 2.26. The average Bonchev–Trinajstić information content (AvgIpc) is 2.72. The number of anilines is 1. The maximum Gasteiger partial charge on any atom is 0.573 e. The van der Waals surface area contributed by atoms with Gasteiger partial charge in [0.1, 0.15) is 5.75 Å². The summed E-state index contributed by atoms with van der Waals surface area (Å²) >= 11 is 0. The summed E-state index contributed by atoms with van der Waals surface area (Å²) in [4.78, 5) is 20.8. The van der Waals surface area contributed by atoms with Crippen molar-refractivity contribution in [3.8, 4) is 5.75 Å². The lowest BCUT2D eigenvalue weighted by Gasteiger charge is -2.30. The van der Waals surface area contributed by atoms with E-state index in [-0.39, 0.29) is 18.0 Å². The van der Waals surface area contributed by atoms with Crippen LogP contribution in [0.2, 0.25) is 0 Å². The summed E-state index contributed by atoms with van der Waals surface area (Å²) in [6, 6.07) is 6.63. The minimum Gasteiger partial charge on any atom is -0.406 e. The van der Waals surface area contributed by atoms with Gasteiger partial charge in [0.2, 0.25) is 10.0 Å². The lowest BCUT2D eigenvalue weighted by Crippen LogP contribution is -2.43. The predicted molar refractivity (Wildman–Crippen MR) is 102 cm³/mol. The van der Waals surface area contributed by atoms with E-state index in [9.17, 15) is 26.4 Å². The largest absolute Gasteiger partial charge is 0.573 e. The number of sulfonamides is 1. The molecule has 168 valence electrons. The lowest BCUT2D eigenvalue weighted by atomic mass is 10.1. The smallest absolute Gasteiger partial charge is 0.406 e. The van der Waals surface area contributed by atoms with Gasteiger partial charge in [-0.2, -0.15) is 4.31 Å². The number of carbonyl (C=O) groups excluding carboxylic acids is 1. The number of hydrogen-bond donors (Lipinski definition) is 2. The molecule has 2 aromatic rings. The fraction of sp³-hybridized carbons (Fsp3) is 0.333. The van der Waals surface area contributed by atoms with Gasteiger partial charge in [0.15, 0.2) is 0 Å². The Hall–Kier alpha value is -2.90. The van der Waals surface area contributed by atoms with Crippen molar-refractivity contribution in [1.82, 2.24) is 14.8 Å². The third-order valence-electron chi connectivity index (χ3n) is 4.35. The molecule has 1 aliphatic rings. The molecule has 9 nitrogen and oxygen atoms in total. The van der Waals surface area contributed by atoms with E-state index in [0.717, 1.165) is 24.3 Å². The molecule has 0 atom stereocenters. The third kappa shape index (κ3) is 6.54. The average molecular weight is 460 g/mol. The summed E-state index contributed by atoms with van der Waals surface area (Å²) in [5.41, 5.74) is 2.80. The minimum atomic E-state index is -4.86. The van der Waals surface area contributed by atoms with Crippen LogP contribution in [0.3, 0.4) is 0 Å². The molecule has 1 aliphatic heterocycles. The molecule has 1 aromatic heterocycles. The molecule has 1 aromatic carbocycles. The first kappa shape index (κ1) is 22.8. The van der Waals surface area contributed by atoms with Gasteiger partial charge in [-0.3, -0.25) is 9.82 Å². The number of urea groups is 1. The molecule has 0 unspecified atom stereocenters. The molecule has 0 bridgehead atoms. The highest BCUT2D eigenvalue weighted by Gasteiger charge is 2.32. The van der Waals surface area contributed by atoms with Gasteiger partial charge in [0.25, 0.3) is 0 Å². The summed E-state index contributed by atoms with van der Waals surface area (Å²) < 4.78 is 67.0. The molecule has 0 aliphatic carbocycles. The van der Waals surface area contributed by atoms with Crippen LogP contribution in [-0.4, -0.2) is 49.3 Å². The second-order valence-electron chi connectivity index (χ2n) is 6.53. The highest BCUT2D eigenvalue weighted by atomic mass is 32.2. The number of piperidine rings is 1. The number of hydrogen-bond acceptors (Lipinski definition) is 6. The van der Waals surface area contributed by atoms with Crippen molar-refractivity contribution in [3.05, 3.63) is 48.8 Å². The van der Waals surface area contributed by atoms with E-state index in [4.69, 9.17) is 4.84 Å². The summed E-state index contributed by atoms with van der Waals surface area (Å²) in [6.07, 6.45) is -1.57. The number of pyridine rings is 1. The Morgan fingerprint density at radius 3 is 2.26 bits per heavy atom. The van der Waals surface area contributed by atoms with Crippen molar-refractivity contribution < 1.29 is 36.0 Å². The Labute approximate surface area is 176 Å². The Bertz CT molecular complexity index is 980. The fourth-order valence-corrected chi connectivity index (χ4v) is 4.35. The van der Waals surface area contributed by atoms with Crippen molar-refractivity contribution >= 4 is 21.7 Å². The van der Waals surface area contributed by atoms with Gasteiger partial charge < -0.3 is 10.1 Å². The number of hydroxylamine groups is 1. The second-order valence-corrected chi connectivity index (χ2v) is 8.47. The summed E-state index contributed by atoms with van der Waals surface area (Å²) in [6.45, 7) is 0.253. The maximum absolute atomic E-state index is 12.7. The third-order valence-corrected chi connectivity index (χ3v) is 6.27. The summed E-state index contributed by atoms with van der Waals surface area (Å²) in [5, 5.41) is 2.55. The Kier molecular flexibility index (Phi) is 6.97. The first-order valence-corrected chi connectivity index (χ1v) is 10.6. The first-order chi connectivity index (χ1) is 14.6. The Morgan fingerprint density at radius 2 is 1.68 bits per heavy atom. The van der Waals surface area contributed by atoms with Crippen LogP contribution in [0.25, 0.3) is 0 Å². The molecule has 0 radical (unpaired) electrons.